The minimum atomic E-state index is 0.341. The van der Waals surface area contributed by atoms with Gasteiger partial charge in [0.15, 0.2) is 0 Å². The van der Waals surface area contributed by atoms with Gasteiger partial charge in [-0.3, -0.25) is 0 Å². The van der Waals surface area contributed by atoms with Gasteiger partial charge in [-0.15, -0.1) is 10.2 Å². The molecule has 0 saturated carbocycles. The van der Waals surface area contributed by atoms with Crippen LogP contribution >= 0.6 is 23.2 Å². The number of hydrogen-bond acceptors (Lipinski definition) is 4. The molecular weight excluding hydrogens is 335 g/mol. The Kier molecular flexibility index (Phi) is 4.90. The molecule has 0 aliphatic rings. The van der Waals surface area contributed by atoms with E-state index in [4.69, 9.17) is 27.9 Å². The number of ether oxygens (including phenoxy) is 1. The maximum absolute atomic E-state index is 6.16. The smallest absolute Gasteiger partial charge is 0.141 e. The molecule has 0 bridgehead atoms. The van der Waals surface area contributed by atoms with Gasteiger partial charge in [-0.25, -0.2) is 4.68 Å². The molecular formula is C16H12Cl2N4O. The summed E-state index contributed by atoms with van der Waals surface area (Å²) in [5.74, 6) is 0.704. The van der Waals surface area contributed by atoms with E-state index >= 15 is 0 Å². The highest BCUT2D eigenvalue weighted by atomic mass is 35.5. The summed E-state index contributed by atoms with van der Waals surface area (Å²) >= 11 is 12.1. The van der Waals surface area contributed by atoms with E-state index in [9.17, 15) is 0 Å². The highest BCUT2D eigenvalue weighted by molar-refractivity contribution is 6.35. The van der Waals surface area contributed by atoms with E-state index in [0.717, 1.165) is 11.1 Å². The normalized spacial score (nSPS) is 11.0. The van der Waals surface area contributed by atoms with E-state index < -0.39 is 0 Å². The molecule has 0 fully saturated rings. The van der Waals surface area contributed by atoms with Gasteiger partial charge in [0.2, 0.25) is 0 Å². The lowest BCUT2D eigenvalue weighted by molar-refractivity contribution is 0.306. The lowest BCUT2D eigenvalue weighted by Gasteiger charge is -2.10. The van der Waals surface area contributed by atoms with Crippen LogP contribution < -0.4 is 4.74 Å². The lowest BCUT2D eigenvalue weighted by atomic mass is 10.2. The van der Waals surface area contributed by atoms with Crippen LogP contribution in [0, 0.1) is 0 Å². The molecule has 0 amide bonds. The molecule has 2 aromatic carbocycles. The molecule has 1 aromatic heterocycles. The largest absolute Gasteiger partial charge is 0.488 e. The van der Waals surface area contributed by atoms with Gasteiger partial charge in [-0.1, -0.05) is 41.4 Å². The molecule has 0 aliphatic carbocycles. The van der Waals surface area contributed by atoms with Crippen molar-refractivity contribution in [3.8, 4) is 5.75 Å². The summed E-state index contributed by atoms with van der Waals surface area (Å²) in [5.41, 5.74) is 1.70. The molecule has 0 saturated heterocycles. The Morgan fingerprint density at radius 2 is 1.87 bits per heavy atom. The Balaban J connectivity index is 1.75. The fourth-order valence-corrected chi connectivity index (χ4v) is 2.36. The standard InChI is InChI=1S/C16H12Cl2N4O/c17-14-6-5-13(15(18)7-14)9-23-16-4-2-1-3-12(16)8-21-22-10-19-20-11-22/h1-8,10-11H,9H2/b21-8+. The summed E-state index contributed by atoms with van der Waals surface area (Å²) in [6.07, 6.45) is 4.70. The number of hydrogen-bond donors (Lipinski definition) is 0. The zero-order valence-corrected chi connectivity index (χ0v) is 13.4. The molecule has 0 atom stereocenters. The molecule has 5 nitrogen and oxygen atoms in total. The Hall–Kier alpha value is -2.37. The van der Waals surface area contributed by atoms with Crippen molar-refractivity contribution in [2.24, 2.45) is 5.10 Å². The molecule has 116 valence electrons. The Bertz CT molecular complexity index is 819. The Morgan fingerprint density at radius 3 is 2.65 bits per heavy atom. The fraction of sp³-hybridized carbons (Fsp3) is 0.0625. The van der Waals surface area contributed by atoms with Gasteiger partial charge < -0.3 is 4.74 Å². The van der Waals surface area contributed by atoms with Crippen molar-refractivity contribution >= 4 is 29.4 Å². The van der Waals surface area contributed by atoms with E-state index in [1.54, 1.807) is 18.3 Å². The second kappa shape index (κ2) is 7.26. The number of para-hydroxylation sites is 1. The lowest BCUT2D eigenvalue weighted by Crippen LogP contribution is -1.99. The summed E-state index contributed by atoms with van der Waals surface area (Å²) < 4.78 is 7.36. The molecule has 0 unspecified atom stereocenters. The molecule has 0 aliphatic heterocycles. The van der Waals surface area contributed by atoms with Crippen molar-refractivity contribution in [1.82, 2.24) is 14.9 Å². The average molecular weight is 347 g/mol. The molecule has 0 N–H and O–H groups in total. The van der Waals surface area contributed by atoms with E-state index in [2.05, 4.69) is 15.3 Å². The Morgan fingerprint density at radius 1 is 1.09 bits per heavy atom. The van der Waals surface area contributed by atoms with E-state index in [-0.39, 0.29) is 0 Å². The van der Waals surface area contributed by atoms with Crippen molar-refractivity contribution in [2.45, 2.75) is 6.61 Å². The zero-order chi connectivity index (χ0) is 16.1. The summed E-state index contributed by atoms with van der Waals surface area (Å²) in [7, 11) is 0. The minimum absolute atomic E-state index is 0.341. The SMILES string of the molecule is Clc1ccc(COc2ccccc2/C=N/n2cnnc2)c(Cl)c1. The molecule has 3 aromatic rings. The van der Waals surface area contributed by atoms with Crippen LogP contribution in [0.1, 0.15) is 11.1 Å². The van der Waals surface area contributed by atoms with Gasteiger partial charge in [0.25, 0.3) is 0 Å². The van der Waals surface area contributed by atoms with Crippen molar-refractivity contribution in [3.05, 3.63) is 76.3 Å². The van der Waals surface area contributed by atoms with E-state index in [0.29, 0.717) is 22.4 Å². The first-order valence-electron chi connectivity index (χ1n) is 6.77. The van der Waals surface area contributed by atoms with Crippen molar-refractivity contribution < 1.29 is 4.74 Å². The maximum atomic E-state index is 6.16. The third-order valence-corrected chi connectivity index (χ3v) is 3.64. The molecule has 3 rings (SSSR count). The summed E-state index contributed by atoms with van der Waals surface area (Å²) in [5, 5.41) is 12.8. The summed E-state index contributed by atoms with van der Waals surface area (Å²) in [6, 6.07) is 12.9. The number of nitrogens with zero attached hydrogens (tertiary/aromatic N) is 4. The minimum Gasteiger partial charge on any atom is -0.488 e. The van der Waals surface area contributed by atoms with Crippen molar-refractivity contribution in [2.75, 3.05) is 0 Å². The predicted molar refractivity (Wildman–Crippen MR) is 90.3 cm³/mol. The first-order valence-corrected chi connectivity index (χ1v) is 7.53. The van der Waals surface area contributed by atoms with Crippen molar-refractivity contribution in [1.29, 1.82) is 0 Å². The van der Waals surface area contributed by atoms with Crippen LogP contribution in [-0.4, -0.2) is 21.1 Å². The van der Waals surface area contributed by atoms with Gasteiger partial charge in [0.05, 0.1) is 6.21 Å². The third-order valence-electron chi connectivity index (χ3n) is 3.05. The van der Waals surface area contributed by atoms with Gasteiger partial charge in [-0.2, -0.15) is 5.10 Å². The summed E-state index contributed by atoms with van der Waals surface area (Å²) in [6.45, 7) is 0.341. The van der Waals surface area contributed by atoms with Crippen LogP contribution in [-0.2, 0) is 6.61 Å². The van der Waals surface area contributed by atoms with Crippen molar-refractivity contribution in [3.63, 3.8) is 0 Å². The van der Waals surface area contributed by atoms with Gasteiger partial charge in [-0.05, 0) is 24.3 Å². The number of halogens is 2. The number of aromatic nitrogens is 3. The van der Waals surface area contributed by atoms with Crippen LogP contribution in [0.15, 0.2) is 60.2 Å². The van der Waals surface area contributed by atoms with Gasteiger partial charge >= 0.3 is 0 Å². The van der Waals surface area contributed by atoms with Gasteiger partial charge in [0.1, 0.15) is 25.0 Å². The third kappa shape index (κ3) is 4.09. The predicted octanol–water partition coefficient (Wildman–Crippen LogP) is 4.05. The van der Waals surface area contributed by atoms with Crippen LogP contribution in [0.25, 0.3) is 0 Å². The van der Waals surface area contributed by atoms with Gasteiger partial charge in [0, 0.05) is 21.2 Å². The first kappa shape index (κ1) is 15.5. The second-order valence-electron chi connectivity index (χ2n) is 4.65. The Labute approximate surface area is 143 Å². The number of rotatable bonds is 5. The second-order valence-corrected chi connectivity index (χ2v) is 5.49. The molecule has 0 radical (unpaired) electrons. The monoisotopic (exact) mass is 346 g/mol. The maximum Gasteiger partial charge on any atom is 0.141 e. The van der Waals surface area contributed by atoms with E-state index in [1.165, 1.54) is 17.3 Å². The first-order chi connectivity index (χ1) is 11.2. The molecule has 0 spiro atoms. The average Bonchev–Trinajstić information content (AvgIpc) is 3.06. The molecule has 1 heterocycles. The van der Waals surface area contributed by atoms with Crippen LogP contribution in [0.3, 0.4) is 0 Å². The highest BCUT2D eigenvalue weighted by Gasteiger charge is 2.05. The quantitative estimate of drug-likeness (QED) is 0.655. The fourth-order valence-electron chi connectivity index (χ4n) is 1.90. The number of benzene rings is 2. The highest BCUT2D eigenvalue weighted by Crippen LogP contribution is 2.23. The summed E-state index contributed by atoms with van der Waals surface area (Å²) in [4.78, 5) is 0. The molecule has 23 heavy (non-hydrogen) atoms. The van der Waals surface area contributed by atoms with Crippen LogP contribution in [0.5, 0.6) is 5.75 Å². The molecule has 7 heteroatoms. The van der Waals surface area contributed by atoms with E-state index in [1.807, 2.05) is 30.3 Å². The van der Waals surface area contributed by atoms with Crippen LogP contribution in [0.4, 0.5) is 0 Å². The zero-order valence-electron chi connectivity index (χ0n) is 11.9. The topological polar surface area (TPSA) is 52.3 Å². The van der Waals surface area contributed by atoms with Crippen LogP contribution in [0.2, 0.25) is 10.0 Å².